The van der Waals surface area contributed by atoms with Crippen LogP contribution >= 0.6 is 33.9 Å². The van der Waals surface area contributed by atoms with Gasteiger partial charge in [0, 0.05) is 5.38 Å². The summed E-state index contributed by atoms with van der Waals surface area (Å²) < 4.78 is 0.996. The van der Waals surface area contributed by atoms with E-state index in [4.69, 9.17) is 5.11 Å². The molecule has 1 atom stereocenters. The Kier molecular flexibility index (Phi) is 4.54. The molecule has 17 heavy (non-hydrogen) atoms. The topological polar surface area (TPSA) is 66.4 Å². The van der Waals surface area contributed by atoms with Gasteiger partial charge in [0.25, 0.3) is 5.91 Å². The minimum absolute atomic E-state index is 0.341. The summed E-state index contributed by atoms with van der Waals surface area (Å²) in [5.41, 5.74) is -0.0140. The molecule has 6 heteroatoms. The van der Waals surface area contributed by atoms with Crippen LogP contribution in [0.3, 0.4) is 0 Å². The summed E-state index contributed by atoms with van der Waals surface area (Å²) in [6.45, 7) is 5.34. The summed E-state index contributed by atoms with van der Waals surface area (Å²) in [5, 5.41) is 13.4. The number of carboxylic acids is 1. The summed E-state index contributed by atoms with van der Waals surface area (Å²) in [7, 11) is 0. The Morgan fingerprint density at radius 1 is 1.47 bits per heavy atom. The van der Waals surface area contributed by atoms with Crippen LogP contribution in [0.1, 0.15) is 31.1 Å². The lowest BCUT2D eigenvalue weighted by Gasteiger charge is -2.27. The molecule has 0 aliphatic heterocycles. The van der Waals surface area contributed by atoms with Gasteiger partial charge in [-0.15, -0.1) is 11.3 Å². The van der Waals surface area contributed by atoms with Crippen LogP contribution in [0.5, 0.6) is 0 Å². The molecule has 1 amide bonds. The fraction of sp³-hybridized carbons (Fsp3) is 0.455. The Morgan fingerprint density at radius 2 is 2.06 bits per heavy atom. The molecule has 0 saturated heterocycles. The van der Waals surface area contributed by atoms with E-state index in [0.29, 0.717) is 5.56 Å². The first-order valence-corrected chi connectivity index (χ1v) is 6.95. The largest absolute Gasteiger partial charge is 0.480 e. The summed E-state index contributed by atoms with van der Waals surface area (Å²) in [6, 6.07) is 0.842. The number of thiophene rings is 1. The zero-order valence-corrected chi connectivity index (χ0v) is 12.8. The predicted molar refractivity (Wildman–Crippen MR) is 75.4 cm³/mol. The molecule has 0 radical (unpaired) electrons. The molecule has 0 fully saturated rings. The van der Waals surface area contributed by atoms with Gasteiger partial charge < -0.3 is 10.4 Å². The first kappa shape index (κ1) is 14.4. The number of carbonyl (C=O) groups excluding carboxylic acids is 1. The molecule has 94 valence electrons. The molecule has 0 aromatic carbocycles. The molecule has 0 bridgehead atoms. The van der Waals surface area contributed by atoms with E-state index in [2.05, 4.69) is 27.9 Å². The second kappa shape index (κ2) is 5.34. The highest BCUT2D eigenvalue weighted by molar-refractivity contribution is 14.1. The van der Waals surface area contributed by atoms with Crippen molar-refractivity contribution in [2.24, 2.45) is 5.41 Å². The number of hydrogen-bond acceptors (Lipinski definition) is 3. The van der Waals surface area contributed by atoms with Gasteiger partial charge in [0.05, 0.1) is 8.45 Å². The Balaban J connectivity index is 2.82. The first-order chi connectivity index (χ1) is 7.71. The predicted octanol–water partition coefficient (Wildman–Crippen LogP) is 2.58. The lowest BCUT2D eigenvalue weighted by molar-refractivity contribution is -0.142. The Bertz CT molecular complexity index is 436. The molecule has 1 rings (SSSR count). The van der Waals surface area contributed by atoms with Gasteiger partial charge >= 0.3 is 5.97 Å². The zero-order valence-electron chi connectivity index (χ0n) is 9.78. The van der Waals surface area contributed by atoms with Gasteiger partial charge in [-0.25, -0.2) is 4.79 Å². The molecule has 0 aliphatic rings. The van der Waals surface area contributed by atoms with Gasteiger partial charge in [0.2, 0.25) is 0 Å². The third-order valence-corrected chi connectivity index (χ3v) is 4.01. The third kappa shape index (κ3) is 3.95. The fourth-order valence-electron chi connectivity index (χ4n) is 1.29. The Hall–Kier alpha value is -0.630. The van der Waals surface area contributed by atoms with Crippen molar-refractivity contribution in [3.05, 3.63) is 19.9 Å². The van der Waals surface area contributed by atoms with Crippen LogP contribution in [0.4, 0.5) is 0 Å². The number of carboxylic acid groups (broad SMARTS) is 1. The van der Waals surface area contributed by atoms with Crippen molar-refractivity contribution in [1.29, 1.82) is 0 Å². The zero-order chi connectivity index (χ0) is 13.2. The van der Waals surface area contributed by atoms with E-state index in [-0.39, 0.29) is 5.91 Å². The van der Waals surface area contributed by atoms with E-state index in [1.165, 1.54) is 11.3 Å². The number of hydrogen-bond donors (Lipinski definition) is 2. The van der Waals surface area contributed by atoms with Gasteiger partial charge in [-0.05, 0) is 34.1 Å². The van der Waals surface area contributed by atoms with E-state index in [1.807, 2.05) is 0 Å². The van der Waals surface area contributed by atoms with Gasteiger partial charge in [0.15, 0.2) is 0 Å². The van der Waals surface area contributed by atoms with Crippen molar-refractivity contribution in [3.63, 3.8) is 0 Å². The maximum absolute atomic E-state index is 11.8. The van der Waals surface area contributed by atoms with E-state index < -0.39 is 17.4 Å². The fourth-order valence-corrected chi connectivity index (χ4v) is 2.62. The summed E-state index contributed by atoms with van der Waals surface area (Å²) in [6.07, 6.45) is 0. The van der Waals surface area contributed by atoms with Gasteiger partial charge in [0.1, 0.15) is 6.04 Å². The quantitative estimate of drug-likeness (QED) is 0.808. The Morgan fingerprint density at radius 3 is 2.41 bits per heavy atom. The van der Waals surface area contributed by atoms with E-state index in [9.17, 15) is 9.59 Å². The van der Waals surface area contributed by atoms with Gasteiger partial charge in [-0.2, -0.15) is 0 Å². The van der Waals surface area contributed by atoms with Crippen molar-refractivity contribution in [1.82, 2.24) is 5.32 Å². The molecule has 1 aromatic rings. The van der Waals surface area contributed by atoms with Crippen molar-refractivity contribution >= 4 is 45.8 Å². The summed E-state index contributed by atoms with van der Waals surface area (Å²) in [5.74, 6) is -1.36. The van der Waals surface area contributed by atoms with E-state index in [0.717, 1.165) is 2.88 Å². The number of carbonyl (C=O) groups is 2. The molecule has 0 spiro atoms. The molecular formula is C11H14INO3S. The highest BCUT2D eigenvalue weighted by Crippen LogP contribution is 2.21. The van der Waals surface area contributed by atoms with Gasteiger partial charge in [-0.1, -0.05) is 20.8 Å². The molecule has 0 aliphatic carbocycles. The van der Waals surface area contributed by atoms with Crippen LogP contribution in [0.25, 0.3) is 0 Å². The normalized spacial score (nSPS) is 13.2. The number of halogens is 1. The van der Waals surface area contributed by atoms with Crippen molar-refractivity contribution in [3.8, 4) is 0 Å². The van der Waals surface area contributed by atoms with Crippen molar-refractivity contribution in [2.75, 3.05) is 0 Å². The van der Waals surface area contributed by atoms with Crippen LogP contribution in [0.15, 0.2) is 11.4 Å². The summed E-state index contributed by atoms with van der Waals surface area (Å²) >= 11 is 3.57. The highest BCUT2D eigenvalue weighted by Gasteiger charge is 2.32. The van der Waals surface area contributed by atoms with Crippen molar-refractivity contribution in [2.45, 2.75) is 26.8 Å². The van der Waals surface area contributed by atoms with Crippen LogP contribution in [0, 0.1) is 8.30 Å². The third-order valence-electron chi connectivity index (χ3n) is 2.22. The molecule has 1 heterocycles. The summed E-state index contributed by atoms with van der Waals surface area (Å²) in [4.78, 5) is 23.0. The van der Waals surface area contributed by atoms with Crippen LogP contribution in [0.2, 0.25) is 0 Å². The number of amides is 1. The number of nitrogens with one attached hydrogen (secondary N) is 1. The average Bonchev–Trinajstić information content (AvgIpc) is 2.58. The average molecular weight is 367 g/mol. The lowest BCUT2D eigenvalue weighted by Crippen LogP contribution is -2.49. The maximum Gasteiger partial charge on any atom is 0.326 e. The van der Waals surface area contributed by atoms with E-state index >= 15 is 0 Å². The second-order valence-electron chi connectivity index (χ2n) is 4.75. The standard InChI is InChI=1S/C11H14INO3S/c1-11(2,3)8(10(15)16)13-9(14)6-4-7(12)17-5-6/h4-5,8H,1-3H3,(H,13,14)(H,15,16)/t8-/m0/s1. The van der Waals surface area contributed by atoms with Crippen molar-refractivity contribution < 1.29 is 14.7 Å². The minimum atomic E-state index is -1.02. The molecule has 1 aromatic heterocycles. The monoisotopic (exact) mass is 367 g/mol. The van der Waals surface area contributed by atoms with Crippen LogP contribution in [-0.4, -0.2) is 23.0 Å². The van der Waals surface area contributed by atoms with E-state index in [1.54, 1.807) is 32.2 Å². The van der Waals surface area contributed by atoms with Crippen LogP contribution in [-0.2, 0) is 4.79 Å². The number of aliphatic carboxylic acids is 1. The minimum Gasteiger partial charge on any atom is -0.480 e. The molecular weight excluding hydrogens is 353 g/mol. The SMILES string of the molecule is CC(C)(C)[C@@H](NC(=O)c1csc(I)c1)C(=O)O. The van der Waals surface area contributed by atoms with Crippen LogP contribution < -0.4 is 5.32 Å². The highest BCUT2D eigenvalue weighted by atomic mass is 127. The molecule has 2 N–H and O–H groups in total. The first-order valence-electron chi connectivity index (χ1n) is 4.99. The maximum atomic E-state index is 11.8. The Labute approximate surface area is 118 Å². The van der Waals surface area contributed by atoms with Gasteiger partial charge in [-0.3, -0.25) is 4.79 Å². The molecule has 4 nitrogen and oxygen atoms in total. The smallest absolute Gasteiger partial charge is 0.326 e. The number of rotatable bonds is 3. The molecule has 0 saturated carbocycles. The molecule has 0 unspecified atom stereocenters. The second-order valence-corrected chi connectivity index (χ2v) is 7.56. The lowest BCUT2D eigenvalue weighted by atomic mass is 9.86.